The van der Waals surface area contributed by atoms with E-state index >= 15 is 0 Å². The lowest BCUT2D eigenvalue weighted by Crippen LogP contribution is -2.36. The Morgan fingerprint density at radius 2 is 1.78 bits per heavy atom. The van der Waals surface area contributed by atoms with Gasteiger partial charge in [0.15, 0.2) is 0 Å². The van der Waals surface area contributed by atoms with Crippen molar-refractivity contribution in [1.82, 2.24) is 5.09 Å². The van der Waals surface area contributed by atoms with E-state index in [4.69, 9.17) is 13.8 Å². The van der Waals surface area contributed by atoms with Crippen LogP contribution < -0.4 is 14.1 Å². The molecule has 0 saturated heterocycles. The van der Waals surface area contributed by atoms with E-state index in [0.717, 1.165) is 3.57 Å². The van der Waals surface area contributed by atoms with Gasteiger partial charge in [-0.1, -0.05) is 18.2 Å². The van der Waals surface area contributed by atoms with E-state index in [1.54, 1.807) is 44.2 Å². The maximum atomic E-state index is 13.4. The van der Waals surface area contributed by atoms with E-state index in [1.807, 2.05) is 18.2 Å². The van der Waals surface area contributed by atoms with Crippen molar-refractivity contribution < 1.29 is 23.1 Å². The second-order valence-electron chi connectivity index (χ2n) is 5.90. The van der Waals surface area contributed by atoms with E-state index in [-0.39, 0.29) is 6.10 Å². The Labute approximate surface area is 180 Å². The molecule has 0 bridgehead atoms. The van der Waals surface area contributed by atoms with Gasteiger partial charge in [-0.05, 0) is 89.6 Å². The fraction of sp³-hybridized carbons (Fsp3) is 0.278. The standard InChI is InChI=1S/C18H20BrINO5P/c1-12(2)24-18(22)13(3)21-27(23,25-15-7-5-4-6-8-15)26-17-10-9-14(20)11-16(17)19/h4-13H,1-3H3,(H,21,23)/t13-,27?/m0/s1. The first-order chi connectivity index (χ1) is 12.7. The molecule has 0 spiro atoms. The number of hydrogen-bond donors (Lipinski definition) is 1. The van der Waals surface area contributed by atoms with E-state index in [9.17, 15) is 9.36 Å². The number of benzene rings is 2. The molecule has 1 unspecified atom stereocenters. The molecular weight excluding hydrogens is 548 g/mol. The minimum atomic E-state index is -3.94. The predicted molar refractivity (Wildman–Crippen MR) is 116 cm³/mol. The molecule has 0 aliphatic heterocycles. The molecule has 0 heterocycles. The number of esters is 1. The van der Waals surface area contributed by atoms with E-state index in [0.29, 0.717) is 16.0 Å². The number of hydrogen-bond acceptors (Lipinski definition) is 5. The Morgan fingerprint density at radius 1 is 1.11 bits per heavy atom. The highest BCUT2D eigenvalue weighted by atomic mass is 127. The molecule has 146 valence electrons. The SMILES string of the molecule is CC(C)OC(=O)[C@H](C)NP(=O)(Oc1ccccc1)Oc1ccc(I)cc1Br. The van der Waals surface area contributed by atoms with Crippen molar-refractivity contribution in [2.45, 2.75) is 32.9 Å². The Morgan fingerprint density at radius 3 is 2.37 bits per heavy atom. The van der Waals surface area contributed by atoms with Crippen molar-refractivity contribution in [2.75, 3.05) is 0 Å². The van der Waals surface area contributed by atoms with Crippen LogP contribution in [0.3, 0.4) is 0 Å². The normalized spacial score (nSPS) is 14.3. The van der Waals surface area contributed by atoms with Crippen LogP contribution in [0.4, 0.5) is 0 Å². The topological polar surface area (TPSA) is 73.9 Å². The molecule has 0 saturated carbocycles. The van der Waals surface area contributed by atoms with Gasteiger partial charge in [0, 0.05) is 3.57 Å². The number of para-hydroxylation sites is 1. The van der Waals surface area contributed by atoms with Gasteiger partial charge in [0.05, 0.1) is 10.6 Å². The zero-order chi connectivity index (χ0) is 20.0. The molecule has 2 aromatic rings. The second-order valence-corrected chi connectivity index (χ2v) is 9.62. The lowest BCUT2D eigenvalue weighted by atomic mass is 10.3. The number of nitrogens with one attached hydrogen (secondary N) is 1. The molecule has 27 heavy (non-hydrogen) atoms. The summed E-state index contributed by atoms with van der Waals surface area (Å²) in [5.74, 6) is 0.123. The van der Waals surface area contributed by atoms with Crippen molar-refractivity contribution in [3.63, 3.8) is 0 Å². The highest BCUT2D eigenvalue weighted by Gasteiger charge is 2.34. The van der Waals surface area contributed by atoms with Gasteiger partial charge < -0.3 is 13.8 Å². The molecule has 2 atom stereocenters. The average Bonchev–Trinajstić information content (AvgIpc) is 2.57. The van der Waals surface area contributed by atoms with Gasteiger partial charge in [-0.2, -0.15) is 5.09 Å². The van der Waals surface area contributed by atoms with Gasteiger partial charge in [-0.25, -0.2) is 4.57 Å². The van der Waals surface area contributed by atoms with Crippen LogP contribution >= 0.6 is 46.3 Å². The minimum Gasteiger partial charge on any atom is -0.462 e. The fourth-order valence-corrected chi connectivity index (χ4v) is 5.04. The first-order valence-corrected chi connectivity index (χ1v) is 11.6. The third-order valence-corrected chi connectivity index (χ3v) is 6.02. The molecule has 0 aliphatic rings. The molecule has 0 aliphatic carbocycles. The molecule has 1 N–H and O–H groups in total. The Balaban J connectivity index is 2.27. The molecule has 2 rings (SSSR count). The summed E-state index contributed by atoms with van der Waals surface area (Å²) in [7, 11) is -3.94. The van der Waals surface area contributed by atoms with Crippen LogP contribution in [0.1, 0.15) is 20.8 Å². The molecule has 0 radical (unpaired) electrons. The molecule has 6 nitrogen and oxygen atoms in total. The summed E-state index contributed by atoms with van der Waals surface area (Å²) in [5.41, 5.74) is 0. The lowest BCUT2D eigenvalue weighted by Gasteiger charge is -2.24. The summed E-state index contributed by atoms with van der Waals surface area (Å²) in [4.78, 5) is 12.1. The van der Waals surface area contributed by atoms with Crippen molar-refractivity contribution in [2.24, 2.45) is 0 Å². The minimum absolute atomic E-state index is 0.289. The summed E-state index contributed by atoms with van der Waals surface area (Å²) < 4.78 is 31.4. The zero-order valence-electron chi connectivity index (χ0n) is 15.0. The molecule has 0 fully saturated rings. The van der Waals surface area contributed by atoms with Gasteiger partial charge in [0.2, 0.25) is 0 Å². The summed E-state index contributed by atoms with van der Waals surface area (Å²) in [6.07, 6.45) is -0.289. The van der Waals surface area contributed by atoms with Crippen molar-refractivity contribution >= 4 is 52.2 Å². The summed E-state index contributed by atoms with van der Waals surface area (Å²) in [6, 6.07) is 13.0. The lowest BCUT2D eigenvalue weighted by molar-refractivity contribution is -0.149. The highest BCUT2D eigenvalue weighted by molar-refractivity contribution is 14.1. The summed E-state index contributed by atoms with van der Waals surface area (Å²) in [6.45, 7) is 5.02. The van der Waals surface area contributed by atoms with E-state index < -0.39 is 19.8 Å². The fourth-order valence-electron chi connectivity index (χ4n) is 1.99. The number of carbonyl (C=O) groups excluding carboxylic acids is 1. The number of ether oxygens (including phenoxy) is 1. The quantitative estimate of drug-likeness (QED) is 0.256. The van der Waals surface area contributed by atoms with Crippen LogP contribution in [-0.2, 0) is 14.1 Å². The zero-order valence-corrected chi connectivity index (χ0v) is 19.7. The smallest absolute Gasteiger partial charge is 0.462 e. The maximum Gasteiger partial charge on any atom is 0.513 e. The second kappa shape index (κ2) is 9.91. The van der Waals surface area contributed by atoms with Crippen LogP contribution in [0.15, 0.2) is 53.0 Å². The molecule has 0 amide bonds. The van der Waals surface area contributed by atoms with Crippen LogP contribution in [0.5, 0.6) is 11.5 Å². The monoisotopic (exact) mass is 567 g/mol. The Bertz CT molecular complexity index is 834. The number of carbonyl (C=O) groups is 1. The van der Waals surface area contributed by atoms with E-state index in [1.165, 1.54) is 6.92 Å². The van der Waals surface area contributed by atoms with Crippen molar-refractivity contribution in [3.05, 3.63) is 56.6 Å². The Hall–Kier alpha value is -1.09. The summed E-state index contributed by atoms with van der Waals surface area (Å²) in [5, 5.41) is 2.65. The first kappa shape index (κ1) is 22.2. The van der Waals surface area contributed by atoms with Crippen LogP contribution in [0.25, 0.3) is 0 Å². The largest absolute Gasteiger partial charge is 0.513 e. The van der Waals surface area contributed by atoms with Crippen LogP contribution in [0, 0.1) is 3.57 Å². The maximum absolute atomic E-state index is 13.4. The van der Waals surface area contributed by atoms with E-state index in [2.05, 4.69) is 43.6 Å². The van der Waals surface area contributed by atoms with Crippen LogP contribution in [0.2, 0.25) is 0 Å². The molecule has 9 heteroatoms. The predicted octanol–water partition coefficient (Wildman–Crippen LogP) is 5.55. The highest BCUT2D eigenvalue weighted by Crippen LogP contribution is 2.47. The van der Waals surface area contributed by atoms with Crippen molar-refractivity contribution in [1.29, 1.82) is 0 Å². The number of halogens is 2. The van der Waals surface area contributed by atoms with Crippen molar-refractivity contribution in [3.8, 4) is 11.5 Å². The Kier molecular flexibility index (Phi) is 8.15. The molecule has 0 aromatic heterocycles. The molecular formula is C18H20BrINO5P. The average molecular weight is 568 g/mol. The number of rotatable bonds is 8. The van der Waals surface area contributed by atoms with Crippen LogP contribution in [-0.4, -0.2) is 18.1 Å². The van der Waals surface area contributed by atoms with Gasteiger partial charge in [0.25, 0.3) is 0 Å². The third kappa shape index (κ3) is 7.10. The van der Waals surface area contributed by atoms with Gasteiger partial charge in [-0.15, -0.1) is 0 Å². The van der Waals surface area contributed by atoms with Gasteiger partial charge in [0.1, 0.15) is 17.5 Å². The molecule has 2 aromatic carbocycles. The first-order valence-electron chi connectivity index (χ1n) is 8.16. The van der Waals surface area contributed by atoms with Gasteiger partial charge in [-0.3, -0.25) is 4.79 Å². The van der Waals surface area contributed by atoms with Gasteiger partial charge >= 0.3 is 13.7 Å². The third-order valence-electron chi connectivity index (χ3n) is 3.14. The summed E-state index contributed by atoms with van der Waals surface area (Å²) >= 11 is 5.54.